The van der Waals surface area contributed by atoms with Crippen LogP contribution in [0, 0.1) is 0 Å². The number of hydrogen-bond acceptors (Lipinski definition) is 2. The van der Waals surface area contributed by atoms with E-state index in [2.05, 4.69) is 12.1 Å². The van der Waals surface area contributed by atoms with Gasteiger partial charge in [-0.3, -0.25) is 0 Å². The van der Waals surface area contributed by atoms with E-state index in [1.165, 1.54) is 31.2 Å². The molecule has 62 valence electrons. The van der Waals surface area contributed by atoms with E-state index in [-0.39, 0.29) is 0 Å². The fraction of sp³-hybridized carbons (Fsp3) is 0.667. The quantitative estimate of drug-likeness (QED) is 0.608. The fourth-order valence-corrected chi connectivity index (χ4v) is 1.11. The second-order valence-corrected chi connectivity index (χ2v) is 2.84. The van der Waals surface area contributed by atoms with Crippen molar-refractivity contribution in [1.29, 1.82) is 0 Å². The summed E-state index contributed by atoms with van der Waals surface area (Å²) in [5, 5.41) is 3.65. The van der Waals surface area contributed by atoms with Gasteiger partial charge in [0.1, 0.15) is 6.26 Å². The maximum Gasteiger partial charge on any atom is 0.126 e. The molecule has 0 saturated carbocycles. The average Bonchev–Trinajstić information content (AvgIpc) is 2.50. The molecule has 2 heteroatoms. The van der Waals surface area contributed by atoms with Crippen LogP contribution in [0.25, 0.3) is 0 Å². The van der Waals surface area contributed by atoms with E-state index >= 15 is 0 Å². The van der Waals surface area contributed by atoms with Crippen LogP contribution in [0.2, 0.25) is 0 Å². The molecule has 0 aliphatic heterocycles. The van der Waals surface area contributed by atoms with Gasteiger partial charge >= 0.3 is 0 Å². The minimum atomic E-state index is 1.11. The van der Waals surface area contributed by atoms with Gasteiger partial charge in [0.05, 0.1) is 6.20 Å². The minimum absolute atomic E-state index is 1.11. The van der Waals surface area contributed by atoms with Crippen molar-refractivity contribution in [2.75, 3.05) is 0 Å². The summed E-state index contributed by atoms with van der Waals surface area (Å²) in [4.78, 5) is 0. The Kier molecular flexibility index (Phi) is 3.73. The zero-order valence-corrected chi connectivity index (χ0v) is 7.05. The molecule has 1 heterocycles. The third kappa shape index (κ3) is 3.21. The Balaban J connectivity index is 2.04. The molecule has 0 aromatic carbocycles. The molecule has 0 bridgehead atoms. The van der Waals surface area contributed by atoms with Crippen LogP contribution in [-0.2, 0) is 6.42 Å². The van der Waals surface area contributed by atoms with Crippen LogP contribution >= 0.6 is 0 Å². The lowest BCUT2D eigenvalue weighted by molar-refractivity contribution is 0.418. The summed E-state index contributed by atoms with van der Waals surface area (Å²) in [6, 6.07) is 0. The highest BCUT2D eigenvalue weighted by atomic mass is 16.5. The fourth-order valence-electron chi connectivity index (χ4n) is 1.11. The van der Waals surface area contributed by atoms with E-state index in [0.29, 0.717) is 0 Å². The summed E-state index contributed by atoms with van der Waals surface area (Å²) >= 11 is 0. The van der Waals surface area contributed by atoms with E-state index in [1.54, 1.807) is 12.5 Å². The van der Waals surface area contributed by atoms with Gasteiger partial charge in [0.25, 0.3) is 0 Å². The number of aryl methyl sites for hydroxylation is 1. The maximum absolute atomic E-state index is 4.72. The summed E-state index contributed by atoms with van der Waals surface area (Å²) in [6.07, 6.45) is 9.85. The van der Waals surface area contributed by atoms with Crippen molar-refractivity contribution < 1.29 is 4.52 Å². The molecule has 1 aromatic heterocycles. The zero-order valence-electron chi connectivity index (χ0n) is 7.05. The monoisotopic (exact) mass is 153 g/mol. The van der Waals surface area contributed by atoms with Crippen LogP contribution in [0.15, 0.2) is 17.0 Å². The van der Waals surface area contributed by atoms with Crippen molar-refractivity contribution >= 4 is 0 Å². The first kappa shape index (κ1) is 8.31. The highest BCUT2D eigenvalue weighted by Crippen LogP contribution is 2.06. The lowest BCUT2D eigenvalue weighted by atomic mass is 10.1. The molecular formula is C9H15NO. The predicted molar refractivity (Wildman–Crippen MR) is 44.3 cm³/mol. The third-order valence-electron chi connectivity index (χ3n) is 1.80. The molecular weight excluding hydrogens is 138 g/mol. The van der Waals surface area contributed by atoms with E-state index in [9.17, 15) is 0 Å². The molecule has 0 spiro atoms. The van der Waals surface area contributed by atoms with Gasteiger partial charge in [-0.05, 0) is 12.8 Å². The summed E-state index contributed by atoms with van der Waals surface area (Å²) in [5.41, 5.74) is 1.22. The Labute approximate surface area is 67.6 Å². The van der Waals surface area contributed by atoms with Gasteiger partial charge in [-0.2, -0.15) is 0 Å². The number of hydrogen-bond donors (Lipinski definition) is 0. The van der Waals surface area contributed by atoms with Crippen molar-refractivity contribution in [3.05, 3.63) is 18.0 Å². The molecule has 2 nitrogen and oxygen atoms in total. The molecule has 0 aliphatic carbocycles. The minimum Gasteiger partial charge on any atom is -0.364 e. The number of unbranched alkanes of at least 4 members (excludes halogenated alkanes) is 3. The SMILES string of the molecule is CCCCCCc1cnoc1. The molecule has 0 amide bonds. The van der Waals surface area contributed by atoms with Gasteiger partial charge in [0.15, 0.2) is 0 Å². The second kappa shape index (κ2) is 4.94. The van der Waals surface area contributed by atoms with Crippen molar-refractivity contribution in [3.63, 3.8) is 0 Å². The largest absolute Gasteiger partial charge is 0.364 e. The predicted octanol–water partition coefficient (Wildman–Crippen LogP) is 2.80. The van der Waals surface area contributed by atoms with Gasteiger partial charge in [-0.1, -0.05) is 31.3 Å². The Morgan fingerprint density at radius 3 is 2.91 bits per heavy atom. The molecule has 0 saturated heterocycles. The third-order valence-corrected chi connectivity index (χ3v) is 1.80. The Morgan fingerprint density at radius 2 is 2.27 bits per heavy atom. The highest BCUT2D eigenvalue weighted by molar-refractivity contribution is 4.99. The van der Waals surface area contributed by atoms with E-state index in [1.807, 2.05) is 0 Å². The molecule has 1 aromatic rings. The first-order valence-electron chi connectivity index (χ1n) is 4.31. The van der Waals surface area contributed by atoms with Crippen LogP contribution in [0.5, 0.6) is 0 Å². The van der Waals surface area contributed by atoms with Crippen LogP contribution in [0.1, 0.15) is 38.2 Å². The molecule has 11 heavy (non-hydrogen) atoms. The molecule has 1 rings (SSSR count). The molecule has 0 radical (unpaired) electrons. The van der Waals surface area contributed by atoms with E-state index in [0.717, 1.165) is 6.42 Å². The van der Waals surface area contributed by atoms with Crippen molar-refractivity contribution in [3.8, 4) is 0 Å². The Bertz CT molecular complexity index is 170. The van der Waals surface area contributed by atoms with Crippen molar-refractivity contribution in [2.24, 2.45) is 0 Å². The summed E-state index contributed by atoms with van der Waals surface area (Å²) < 4.78 is 4.72. The van der Waals surface area contributed by atoms with Crippen LogP contribution in [0.3, 0.4) is 0 Å². The Morgan fingerprint density at radius 1 is 1.36 bits per heavy atom. The van der Waals surface area contributed by atoms with E-state index < -0.39 is 0 Å². The molecule has 0 N–H and O–H groups in total. The molecule has 0 unspecified atom stereocenters. The van der Waals surface area contributed by atoms with Crippen LogP contribution < -0.4 is 0 Å². The van der Waals surface area contributed by atoms with Crippen molar-refractivity contribution in [2.45, 2.75) is 39.0 Å². The van der Waals surface area contributed by atoms with Crippen molar-refractivity contribution in [1.82, 2.24) is 5.16 Å². The molecule has 0 aliphatic rings. The van der Waals surface area contributed by atoms with Gasteiger partial charge < -0.3 is 4.52 Å². The number of rotatable bonds is 5. The lowest BCUT2D eigenvalue weighted by Crippen LogP contribution is -1.81. The van der Waals surface area contributed by atoms with Crippen LogP contribution in [0.4, 0.5) is 0 Å². The van der Waals surface area contributed by atoms with Gasteiger partial charge in [-0.15, -0.1) is 0 Å². The van der Waals surface area contributed by atoms with Gasteiger partial charge in [0.2, 0.25) is 0 Å². The standard InChI is InChI=1S/C9H15NO/c1-2-3-4-5-6-9-7-10-11-8-9/h7-8H,2-6H2,1H3. The average molecular weight is 153 g/mol. The molecule has 0 fully saturated rings. The maximum atomic E-state index is 4.72. The number of aromatic nitrogens is 1. The first-order chi connectivity index (χ1) is 5.43. The smallest absolute Gasteiger partial charge is 0.126 e. The normalized spacial score (nSPS) is 10.3. The van der Waals surface area contributed by atoms with Gasteiger partial charge in [0, 0.05) is 5.56 Å². The summed E-state index contributed by atoms with van der Waals surface area (Å²) in [6.45, 7) is 2.22. The topological polar surface area (TPSA) is 26.0 Å². The van der Waals surface area contributed by atoms with Gasteiger partial charge in [-0.25, -0.2) is 0 Å². The Hall–Kier alpha value is -0.790. The summed E-state index contributed by atoms with van der Waals surface area (Å²) in [7, 11) is 0. The zero-order chi connectivity index (χ0) is 7.94. The lowest BCUT2D eigenvalue weighted by Gasteiger charge is -1.94. The van der Waals surface area contributed by atoms with E-state index in [4.69, 9.17) is 4.52 Å². The first-order valence-corrected chi connectivity index (χ1v) is 4.31. The van der Waals surface area contributed by atoms with Crippen LogP contribution in [-0.4, -0.2) is 5.16 Å². The second-order valence-electron chi connectivity index (χ2n) is 2.84. The summed E-state index contributed by atoms with van der Waals surface area (Å²) in [5.74, 6) is 0. The number of nitrogens with zero attached hydrogens (tertiary/aromatic N) is 1. The molecule has 0 atom stereocenters. The highest BCUT2D eigenvalue weighted by Gasteiger charge is 1.94.